The number of carbonyl (C=O) groups is 1. The van der Waals surface area contributed by atoms with Crippen molar-refractivity contribution in [3.8, 4) is 0 Å². The third-order valence-corrected chi connectivity index (χ3v) is 4.57. The molecule has 0 N–H and O–H groups in total. The number of likely N-dealkylation sites (N-methyl/N-ethyl adjacent to an activating group) is 1. The number of Topliss-reactive ketones (excluding diaryl/α,β-unsaturated/α-hetero) is 1. The zero-order valence-electron chi connectivity index (χ0n) is 10.4. The molecule has 0 atom stereocenters. The highest BCUT2D eigenvalue weighted by Gasteiger charge is 2.10. The standard InChI is InChI=1S/C14H13ClINOS/c1-17(8-12-6-7-14(15)19-12)9-13(18)10-2-4-11(16)5-3-10/h2-7H,8-9H2,1H3. The largest absolute Gasteiger partial charge is 0.294 e. The van der Waals surface area contributed by atoms with Gasteiger partial charge in [0.2, 0.25) is 0 Å². The predicted octanol–water partition coefficient (Wildman–Crippen LogP) is 4.32. The minimum absolute atomic E-state index is 0.140. The molecule has 0 spiro atoms. The van der Waals surface area contributed by atoms with E-state index in [4.69, 9.17) is 11.6 Å². The van der Waals surface area contributed by atoms with E-state index in [-0.39, 0.29) is 5.78 Å². The Hall–Kier alpha value is -0.430. The van der Waals surface area contributed by atoms with Crippen molar-refractivity contribution in [2.24, 2.45) is 0 Å². The topological polar surface area (TPSA) is 20.3 Å². The van der Waals surface area contributed by atoms with Gasteiger partial charge in [-0.1, -0.05) is 23.7 Å². The van der Waals surface area contributed by atoms with Crippen molar-refractivity contribution in [1.82, 2.24) is 4.90 Å². The van der Waals surface area contributed by atoms with Gasteiger partial charge in [0.25, 0.3) is 0 Å². The summed E-state index contributed by atoms with van der Waals surface area (Å²) in [5, 5.41) is 0. The van der Waals surface area contributed by atoms with Crippen LogP contribution in [-0.2, 0) is 6.54 Å². The summed E-state index contributed by atoms with van der Waals surface area (Å²) in [5.41, 5.74) is 0.761. The quantitative estimate of drug-likeness (QED) is 0.545. The summed E-state index contributed by atoms with van der Waals surface area (Å²) in [5.74, 6) is 0.140. The second-order valence-electron chi connectivity index (χ2n) is 4.31. The molecule has 0 fully saturated rings. The Morgan fingerprint density at radius 1 is 1.26 bits per heavy atom. The summed E-state index contributed by atoms with van der Waals surface area (Å²) < 4.78 is 1.92. The molecule has 100 valence electrons. The second-order valence-corrected chi connectivity index (χ2v) is 7.35. The highest BCUT2D eigenvalue weighted by atomic mass is 127. The van der Waals surface area contributed by atoms with Crippen LogP contribution in [0.1, 0.15) is 15.2 Å². The molecule has 0 unspecified atom stereocenters. The van der Waals surface area contributed by atoms with Crippen molar-refractivity contribution in [2.75, 3.05) is 13.6 Å². The fourth-order valence-corrected chi connectivity index (χ4v) is 3.26. The van der Waals surface area contributed by atoms with Gasteiger partial charge in [-0.3, -0.25) is 9.69 Å². The fraction of sp³-hybridized carbons (Fsp3) is 0.214. The first kappa shape index (κ1) is 15.0. The van der Waals surface area contributed by atoms with E-state index in [2.05, 4.69) is 22.6 Å². The number of hydrogen-bond acceptors (Lipinski definition) is 3. The monoisotopic (exact) mass is 405 g/mol. The smallest absolute Gasteiger partial charge is 0.176 e. The van der Waals surface area contributed by atoms with E-state index >= 15 is 0 Å². The Bertz CT molecular complexity index is 567. The van der Waals surface area contributed by atoms with Gasteiger partial charge in [-0.15, -0.1) is 11.3 Å². The fourth-order valence-electron chi connectivity index (χ4n) is 1.73. The van der Waals surface area contributed by atoms with Crippen LogP contribution in [0.3, 0.4) is 0 Å². The molecule has 0 aliphatic rings. The lowest BCUT2D eigenvalue weighted by molar-refractivity contribution is 0.0943. The summed E-state index contributed by atoms with van der Waals surface area (Å²) in [4.78, 5) is 15.3. The van der Waals surface area contributed by atoms with Crippen LogP contribution in [0, 0.1) is 3.57 Å². The van der Waals surface area contributed by atoms with Gasteiger partial charge in [0.1, 0.15) is 0 Å². The molecular formula is C14H13ClINOS. The van der Waals surface area contributed by atoms with Crippen LogP contribution in [0.5, 0.6) is 0 Å². The summed E-state index contributed by atoms with van der Waals surface area (Å²) in [7, 11) is 1.94. The van der Waals surface area contributed by atoms with Gasteiger partial charge in [-0.05, 0) is 53.9 Å². The first-order valence-corrected chi connectivity index (χ1v) is 8.03. The van der Waals surface area contributed by atoms with Gasteiger partial charge >= 0.3 is 0 Å². The first-order chi connectivity index (χ1) is 9.04. The third kappa shape index (κ3) is 4.56. The minimum atomic E-state index is 0.140. The Balaban J connectivity index is 1.93. The number of carbonyl (C=O) groups excluding carboxylic acids is 1. The van der Waals surface area contributed by atoms with Crippen LogP contribution >= 0.6 is 45.5 Å². The maximum absolute atomic E-state index is 12.1. The van der Waals surface area contributed by atoms with Crippen LogP contribution in [0.15, 0.2) is 36.4 Å². The van der Waals surface area contributed by atoms with Crippen LogP contribution in [0.25, 0.3) is 0 Å². The van der Waals surface area contributed by atoms with Gasteiger partial charge in [0, 0.05) is 20.6 Å². The Morgan fingerprint density at radius 3 is 2.53 bits per heavy atom. The van der Waals surface area contributed by atoms with Crippen molar-refractivity contribution < 1.29 is 4.79 Å². The molecule has 19 heavy (non-hydrogen) atoms. The molecule has 1 aromatic heterocycles. The van der Waals surface area contributed by atoms with Crippen LogP contribution in [0.4, 0.5) is 0 Å². The average Bonchev–Trinajstić information content (AvgIpc) is 2.75. The number of ketones is 1. The number of thiophene rings is 1. The van der Waals surface area contributed by atoms with Crippen molar-refractivity contribution in [1.29, 1.82) is 0 Å². The van der Waals surface area contributed by atoms with Crippen molar-refractivity contribution >= 4 is 51.3 Å². The van der Waals surface area contributed by atoms with E-state index < -0.39 is 0 Å². The van der Waals surface area contributed by atoms with E-state index in [0.717, 1.165) is 20.0 Å². The molecule has 2 aromatic rings. The Labute approximate surface area is 135 Å². The molecule has 0 bridgehead atoms. The SMILES string of the molecule is CN(CC(=O)c1ccc(I)cc1)Cc1ccc(Cl)s1. The highest BCUT2D eigenvalue weighted by Crippen LogP contribution is 2.22. The maximum Gasteiger partial charge on any atom is 0.176 e. The normalized spacial score (nSPS) is 10.9. The number of nitrogens with zero attached hydrogens (tertiary/aromatic N) is 1. The molecule has 2 rings (SSSR count). The van der Waals surface area contributed by atoms with Crippen LogP contribution in [-0.4, -0.2) is 24.3 Å². The van der Waals surface area contributed by atoms with E-state index in [9.17, 15) is 4.79 Å². The van der Waals surface area contributed by atoms with Crippen LogP contribution < -0.4 is 0 Å². The maximum atomic E-state index is 12.1. The molecule has 0 amide bonds. The molecule has 0 radical (unpaired) electrons. The van der Waals surface area contributed by atoms with Gasteiger partial charge in [-0.2, -0.15) is 0 Å². The molecule has 1 aromatic carbocycles. The molecule has 0 aliphatic carbocycles. The van der Waals surface area contributed by atoms with E-state index in [1.54, 1.807) is 11.3 Å². The average molecular weight is 406 g/mol. The lowest BCUT2D eigenvalue weighted by atomic mass is 10.1. The first-order valence-electron chi connectivity index (χ1n) is 5.76. The molecule has 0 saturated heterocycles. The zero-order chi connectivity index (χ0) is 13.8. The van der Waals surface area contributed by atoms with E-state index in [0.29, 0.717) is 6.54 Å². The molecule has 0 saturated carbocycles. The number of rotatable bonds is 5. The molecule has 0 aliphatic heterocycles. The summed E-state index contributed by atoms with van der Waals surface area (Å²) in [6.45, 7) is 1.16. The van der Waals surface area contributed by atoms with Gasteiger partial charge < -0.3 is 0 Å². The van der Waals surface area contributed by atoms with E-state index in [1.165, 1.54) is 4.88 Å². The van der Waals surface area contributed by atoms with E-state index in [1.807, 2.05) is 48.3 Å². The second kappa shape index (κ2) is 6.83. The lowest BCUT2D eigenvalue weighted by Crippen LogP contribution is -2.25. The van der Waals surface area contributed by atoms with Crippen molar-refractivity contribution in [3.63, 3.8) is 0 Å². The number of halogens is 2. The number of benzene rings is 1. The predicted molar refractivity (Wildman–Crippen MR) is 89.2 cm³/mol. The minimum Gasteiger partial charge on any atom is -0.294 e. The molecule has 2 nitrogen and oxygen atoms in total. The lowest BCUT2D eigenvalue weighted by Gasteiger charge is -2.14. The van der Waals surface area contributed by atoms with Gasteiger partial charge in [0.15, 0.2) is 5.78 Å². The zero-order valence-corrected chi connectivity index (χ0v) is 14.1. The summed E-state index contributed by atoms with van der Waals surface area (Å²) in [6, 6.07) is 11.5. The van der Waals surface area contributed by atoms with Crippen molar-refractivity contribution in [2.45, 2.75) is 6.54 Å². The molecule has 5 heteroatoms. The third-order valence-electron chi connectivity index (χ3n) is 2.63. The van der Waals surface area contributed by atoms with Gasteiger partial charge in [0.05, 0.1) is 10.9 Å². The number of hydrogen-bond donors (Lipinski definition) is 0. The van der Waals surface area contributed by atoms with Gasteiger partial charge in [-0.25, -0.2) is 0 Å². The Kier molecular flexibility index (Phi) is 5.38. The van der Waals surface area contributed by atoms with Crippen molar-refractivity contribution in [3.05, 3.63) is 54.7 Å². The van der Waals surface area contributed by atoms with Crippen LogP contribution in [0.2, 0.25) is 4.34 Å². The summed E-state index contributed by atoms with van der Waals surface area (Å²) in [6.07, 6.45) is 0. The highest BCUT2D eigenvalue weighted by molar-refractivity contribution is 14.1. The Morgan fingerprint density at radius 2 is 1.95 bits per heavy atom. The molecule has 1 heterocycles. The summed E-state index contributed by atoms with van der Waals surface area (Å²) >= 11 is 9.67. The molecular weight excluding hydrogens is 393 g/mol.